The third-order valence-electron chi connectivity index (χ3n) is 2.00. The first-order chi connectivity index (χ1) is 6.17. The van der Waals surface area contributed by atoms with Crippen LogP contribution in [0.5, 0.6) is 0 Å². The summed E-state index contributed by atoms with van der Waals surface area (Å²) in [5.74, 6) is -0.326. The normalized spacial score (nSPS) is 15.1. The summed E-state index contributed by atoms with van der Waals surface area (Å²) in [4.78, 5) is 11.3. The Labute approximate surface area is 80.4 Å². The quantitative estimate of drug-likeness (QED) is 0.598. The highest BCUT2D eigenvalue weighted by Crippen LogP contribution is 2.12. The van der Waals surface area contributed by atoms with Crippen LogP contribution >= 0.6 is 0 Å². The van der Waals surface area contributed by atoms with Crippen molar-refractivity contribution in [1.29, 1.82) is 0 Å². The molecule has 0 heterocycles. The van der Waals surface area contributed by atoms with E-state index in [0.717, 1.165) is 6.42 Å². The lowest BCUT2D eigenvalue weighted by Gasteiger charge is -2.20. The summed E-state index contributed by atoms with van der Waals surface area (Å²) in [5, 5.41) is 0. The summed E-state index contributed by atoms with van der Waals surface area (Å²) in [5.41, 5.74) is 0. The maximum absolute atomic E-state index is 11.3. The highest BCUT2D eigenvalue weighted by molar-refractivity contribution is 5.72. The molecule has 2 unspecified atom stereocenters. The van der Waals surface area contributed by atoms with Gasteiger partial charge in [0, 0.05) is 6.61 Å². The summed E-state index contributed by atoms with van der Waals surface area (Å²) in [6.07, 6.45) is 0.831. The molecule has 0 fully saturated rings. The Hall–Kier alpha value is -0.570. The van der Waals surface area contributed by atoms with E-state index in [1.807, 2.05) is 27.7 Å². The van der Waals surface area contributed by atoms with Gasteiger partial charge in [-0.15, -0.1) is 0 Å². The Morgan fingerprint density at radius 1 is 1.23 bits per heavy atom. The topological polar surface area (TPSA) is 35.5 Å². The zero-order valence-corrected chi connectivity index (χ0v) is 9.00. The first kappa shape index (κ1) is 12.4. The van der Waals surface area contributed by atoms with Gasteiger partial charge in [-0.3, -0.25) is 4.79 Å². The SMILES string of the molecule is CCOC(=O)C(C)C(CC)OCC. The third-order valence-corrected chi connectivity index (χ3v) is 2.00. The predicted octanol–water partition coefficient (Wildman–Crippen LogP) is 2.00. The maximum atomic E-state index is 11.3. The molecule has 3 heteroatoms. The fraction of sp³-hybridized carbons (Fsp3) is 0.900. The average molecular weight is 188 g/mol. The third kappa shape index (κ3) is 4.27. The molecule has 0 aliphatic rings. The van der Waals surface area contributed by atoms with Crippen LogP contribution in [0.3, 0.4) is 0 Å². The molecule has 3 nitrogen and oxygen atoms in total. The molecule has 0 aromatic rings. The van der Waals surface area contributed by atoms with Gasteiger partial charge in [-0.05, 0) is 27.2 Å². The Kier molecular flexibility index (Phi) is 6.59. The summed E-state index contributed by atoms with van der Waals surface area (Å²) in [7, 11) is 0. The number of ether oxygens (including phenoxy) is 2. The minimum Gasteiger partial charge on any atom is -0.466 e. The molecule has 0 aliphatic carbocycles. The first-order valence-corrected chi connectivity index (χ1v) is 4.95. The van der Waals surface area contributed by atoms with Gasteiger partial charge in [-0.25, -0.2) is 0 Å². The van der Waals surface area contributed by atoms with Crippen molar-refractivity contribution in [2.45, 2.75) is 40.2 Å². The Morgan fingerprint density at radius 3 is 2.23 bits per heavy atom. The smallest absolute Gasteiger partial charge is 0.311 e. The van der Waals surface area contributed by atoms with Crippen LogP contribution in [-0.2, 0) is 14.3 Å². The molecule has 78 valence electrons. The highest BCUT2D eigenvalue weighted by Gasteiger charge is 2.23. The maximum Gasteiger partial charge on any atom is 0.311 e. The molecule has 0 saturated carbocycles. The molecule has 2 atom stereocenters. The molecule has 0 aromatic heterocycles. The van der Waals surface area contributed by atoms with E-state index in [1.54, 1.807) is 0 Å². The molecule has 0 radical (unpaired) electrons. The van der Waals surface area contributed by atoms with Crippen LogP contribution in [-0.4, -0.2) is 25.3 Å². The molecular formula is C10H20O3. The number of rotatable bonds is 6. The minimum atomic E-state index is -0.164. The van der Waals surface area contributed by atoms with Crippen molar-refractivity contribution in [1.82, 2.24) is 0 Å². The van der Waals surface area contributed by atoms with Gasteiger partial charge in [-0.2, -0.15) is 0 Å². The summed E-state index contributed by atoms with van der Waals surface area (Å²) < 4.78 is 10.3. The number of carbonyl (C=O) groups excluding carboxylic acids is 1. The highest BCUT2D eigenvalue weighted by atomic mass is 16.5. The van der Waals surface area contributed by atoms with Gasteiger partial charge in [-0.1, -0.05) is 6.92 Å². The van der Waals surface area contributed by atoms with Gasteiger partial charge in [0.1, 0.15) is 0 Å². The van der Waals surface area contributed by atoms with E-state index in [1.165, 1.54) is 0 Å². The lowest BCUT2D eigenvalue weighted by Crippen LogP contribution is -2.29. The number of carbonyl (C=O) groups is 1. The number of hydrogen-bond donors (Lipinski definition) is 0. The monoisotopic (exact) mass is 188 g/mol. The van der Waals surface area contributed by atoms with Gasteiger partial charge in [0.15, 0.2) is 0 Å². The van der Waals surface area contributed by atoms with Crippen molar-refractivity contribution in [2.75, 3.05) is 13.2 Å². The van der Waals surface area contributed by atoms with E-state index < -0.39 is 0 Å². The predicted molar refractivity (Wildman–Crippen MR) is 51.5 cm³/mol. The van der Waals surface area contributed by atoms with Gasteiger partial charge < -0.3 is 9.47 Å². The number of hydrogen-bond acceptors (Lipinski definition) is 3. The molecule has 0 aromatic carbocycles. The van der Waals surface area contributed by atoms with E-state index >= 15 is 0 Å². The second-order valence-corrected chi connectivity index (χ2v) is 2.94. The van der Waals surface area contributed by atoms with Crippen molar-refractivity contribution in [3.63, 3.8) is 0 Å². The molecule has 0 rings (SSSR count). The molecular weight excluding hydrogens is 168 g/mol. The summed E-state index contributed by atoms with van der Waals surface area (Å²) >= 11 is 0. The van der Waals surface area contributed by atoms with Crippen LogP contribution in [0.1, 0.15) is 34.1 Å². The Balaban J connectivity index is 4.02. The van der Waals surface area contributed by atoms with E-state index in [9.17, 15) is 4.79 Å². The van der Waals surface area contributed by atoms with Crippen molar-refractivity contribution in [2.24, 2.45) is 5.92 Å². The largest absolute Gasteiger partial charge is 0.466 e. The molecule has 0 bridgehead atoms. The molecule has 0 spiro atoms. The second-order valence-electron chi connectivity index (χ2n) is 2.94. The van der Waals surface area contributed by atoms with Crippen LogP contribution in [0.4, 0.5) is 0 Å². The van der Waals surface area contributed by atoms with Crippen LogP contribution in [0.2, 0.25) is 0 Å². The lowest BCUT2D eigenvalue weighted by molar-refractivity contribution is -0.152. The van der Waals surface area contributed by atoms with E-state index in [0.29, 0.717) is 13.2 Å². The second kappa shape index (κ2) is 6.89. The average Bonchev–Trinajstić information content (AvgIpc) is 2.13. The van der Waals surface area contributed by atoms with Crippen molar-refractivity contribution >= 4 is 5.97 Å². The van der Waals surface area contributed by atoms with Gasteiger partial charge in [0.25, 0.3) is 0 Å². The summed E-state index contributed by atoms with van der Waals surface area (Å²) in [6.45, 7) is 8.68. The van der Waals surface area contributed by atoms with Gasteiger partial charge in [0.05, 0.1) is 18.6 Å². The van der Waals surface area contributed by atoms with Gasteiger partial charge >= 0.3 is 5.97 Å². The van der Waals surface area contributed by atoms with Gasteiger partial charge in [0.2, 0.25) is 0 Å². The summed E-state index contributed by atoms with van der Waals surface area (Å²) in [6, 6.07) is 0. The molecule has 0 aliphatic heterocycles. The van der Waals surface area contributed by atoms with Crippen LogP contribution in [0.15, 0.2) is 0 Å². The molecule has 0 saturated heterocycles. The van der Waals surface area contributed by atoms with Crippen molar-refractivity contribution < 1.29 is 14.3 Å². The Bertz CT molecular complexity index is 145. The van der Waals surface area contributed by atoms with Crippen molar-refractivity contribution in [3.8, 4) is 0 Å². The molecule has 0 amide bonds. The van der Waals surface area contributed by atoms with Crippen LogP contribution < -0.4 is 0 Å². The van der Waals surface area contributed by atoms with Crippen LogP contribution in [0.25, 0.3) is 0 Å². The van der Waals surface area contributed by atoms with E-state index in [2.05, 4.69) is 0 Å². The van der Waals surface area contributed by atoms with Crippen LogP contribution in [0, 0.1) is 5.92 Å². The molecule has 0 N–H and O–H groups in total. The Morgan fingerprint density at radius 2 is 1.85 bits per heavy atom. The van der Waals surface area contributed by atoms with Crippen molar-refractivity contribution in [3.05, 3.63) is 0 Å². The van der Waals surface area contributed by atoms with E-state index in [4.69, 9.17) is 9.47 Å². The fourth-order valence-electron chi connectivity index (χ4n) is 1.26. The lowest BCUT2D eigenvalue weighted by atomic mass is 10.0. The minimum absolute atomic E-state index is 0.0101. The van der Waals surface area contributed by atoms with E-state index in [-0.39, 0.29) is 18.0 Å². The fourth-order valence-corrected chi connectivity index (χ4v) is 1.26. The zero-order chi connectivity index (χ0) is 10.3. The zero-order valence-electron chi connectivity index (χ0n) is 9.00. The molecule has 13 heavy (non-hydrogen) atoms. The number of esters is 1. The first-order valence-electron chi connectivity index (χ1n) is 4.95. The standard InChI is InChI=1S/C10H20O3/c1-5-9(12-6-2)8(4)10(11)13-7-3/h8-9H,5-7H2,1-4H3.